The number of esters is 1. The highest BCUT2D eigenvalue weighted by Crippen LogP contribution is 2.31. The first-order valence-corrected chi connectivity index (χ1v) is 8.58. The molecule has 28 heavy (non-hydrogen) atoms. The highest BCUT2D eigenvalue weighted by molar-refractivity contribution is 6.26. The van der Waals surface area contributed by atoms with Crippen molar-refractivity contribution in [2.24, 2.45) is 0 Å². The van der Waals surface area contributed by atoms with Gasteiger partial charge in [-0.25, -0.2) is 4.79 Å². The number of phenolic OH excluding ortho intramolecular Hbond substituents is 1. The predicted octanol–water partition coefficient (Wildman–Crippen LogP) is 3.23. The third-order valence-corrected chi connectivity index (χ3v) is 3.90. The zero-order valence-electron chi connectivity index (χ0n) is 15.4. The predicted molar refractivity (Wildman–Crippen MR) is 102 cm³/mol. The number of carbonyl (C=O) groups is 2. The van der Waals surface area contributed by atoms with Gasteiger partial charge in [-0.15, -0.1) is 0 Å². The van der Waals surface area contributed by atoms with Gasteiger partial charge in [-0.2, -0.15) is 0 Å². The summed E-state index contributed by atoms with van der Waals surface area (Å²) in [7, 11) is 1.44. The minimum atomic E-state index is -0.771. The number of Topliss-reactive ketones (excluding diaryl/α,β-unsaturated/α-hetero) is 1. The summed E-state index contributed by atoms with van der Waals surface area (Å²) in [6.45, 7) is 1.78. The quantitative estimate of drug-likeness (QED) is 0.451. The molecule has 1 aliphatic rings. The largest absolute Gasteiger partial charge is 0.504 e. The van der Waals surface area contributed by atoms with Gasteiger partial charge in [-0.1, -0.05) is 24.3 Å². The summed E-state index contributed by atoms with van der Waals surface area (Å²) in [5.41, 5.74) is 0.941. The van der Waals surface area contributed by atoms with Crippen LogP contribution in [0.5, 0.6) is 11.5 Å². The van der Waals surface area contributed by atoms with Gasteiger partial charge in [0.15, 0.2) is 22.8 Å². The van der Waals surface area contributed by atoms with Crippen LogP contribution in [0.2, 0.25) is 0 Å². The lowest BCUT2D eigenvalue weighted by Gasteiger charge is -2.08. The van der Waals surface area contributed by atoms with Gasteiger partial charge in [0.25, 0.3) is 0 Å². The van der Waals surface area contributed by atoms with E-state index in [2.05, 4.69) is 5.32 Å². The van der Waals surface area contributed by atoms with Crippen molar-refractivity contribution < 1.29 is 28.9 Å². The minimum Gasteiger partial charge on any atom is -0.504 e. The third-order valence-electron chi connectivity index (χ3n) is 3.90. The van der Waals surface area contributed by atoms with Crippen LogP contribution in [0.1, 0.15) is 12.5 Å². The second-order valence-electron chi connectivity index (χ2n) is 5.79. The zero-order chi connectivity index (χ0) is 20.1. The number of anilines is 1. The first kappa shape index (κ1) is 19.0. The van der Waals surface area contributed by atoms with Crippen molar-refractivity contribution in [1.82, 2.24) is 0 Å². The van der Waals surface area contributed by atoms with E-state index in [9.17, 15) is 14.7 Å². The lowest BCUT2D eigenvalue weighted by molar-refractivity contribution is -0.139. The van der Waals surface area contributed by atoms with Crippen LogP contribution < -0.4 is 10.1 Å². The van der Waals surface area contributed by atoms with Crippen LogP contribution in [0.4, 0.5) is 5.69 Å². The van der Waals surface area contributed by atoms with Gasteiger partial charge < -0.3 is 24.6 Å². The zero-order valence-corrected chi connectivity index (χ0v) is 15.4. The maximum atomic E-state index is 12.8. The molecule has 0 spiro atoms. The molecular formula is C21H19NO6. The van der Waals surface area contributed by atoms with Crippen LogP contribution in [0, 0.1) is 0 Å². The number of aromatic hydroxyl groups is 1. The molecule has 0 radical (unpaired) electrons. The molecule has 0 aromatic heterocycles. The van der Waals surface area contributed by atoms with E-state index < -0.39 is 11.8 Å². The Labute approximate surface area is 161 Å². The Kier molecular flexibility index (Phi) is 5.64. The molecule has 7 heteroatoms. The van der Waals surface area contributed by atoms with Crippen LogP contribution in [-0.4, -0.2) is 30.6 Å². The van der Waals surface area contributed by atoms with E-state index in [0.29, 0.717) is 17.0 Å². The number of benzene rings is 2. The van der Waals surface area contributed by atoms with Gasteiger partial charge in [0.2, 0.25) is 11.7 Å². The number of allylic oxidation sites excluding steroid dienone is 1. The van der Waals surface area contributed by atoms with E-state index in [0.717, 1.165) is 0 Å². The summed E-state index contributed by atoms with van der Waals surface area (Å²) in [4.78, 5) is 25.0. The van der Waals surface area contributed by atoms with Crippen LogP contribution in [0.15, 0.2) is 65.7 Å². The van der Waals surface area contributed by atoms with Gasteiger partial charge in [0.1, 0.15) is 0 Å². The van der Waals surface area contributed by atoms with Crippen molar-refractivity contribution in [3.05, 3.63) is 71.3 Å². The Morgan fingerprint density at radius 3 is 2.61 bits per heavy atom. The first-order chi connectivity index (χ1) is 13.5. The fourth-order valence-electron chi connectivity index (χ4n) is 2.61. The lowest BCUT2D eigenvalue weighted by Crippen LogP contribution is -2.16. The molecule has 0 amide bonds. The van der Waals surface area contributed by atoms with Crippen LogP contribution in [0.3, 0.4) is 0 Å². The molecule has 0 aliphatic carbocycles. The first-order valence-electron chi connectivity index (χ1n) is 8.58. The standard InChI is InChI=1S/C21H19NO6/c1-3-27-21(25)18-19(24)17(12-13-9-10-16(26-2)15(23)11-13)28-20(18)22-14-7-5-4-6-8-14/h4-12,22-23H,3H2,1-2H3. The second kappa shape index (κ2) is 8.30. The Bertz CT molecular complexity index is 962. The third kappa shape index (κ3) is 3.98. The molecule has 0 fully saturated rings. The van der Waals surface area contributed by atoms with E-state index in [4.69, 9.17) is 14.2 Å². The van der Waals surface area contributed by atoms with Crippen LogP contribution in [0.25, 0.3) is 6.08 Å². The Morgan fingerprint density at radius 2 is 1.96 bits per heavy atom. The van der Waals surface area contributed by atoms with Crippen molar-refractivity contribution in [1.29, 1.82) is 0 Å². The summed E-state index contributed by atoms with van der Waals surface area (Å²) in [6.07, 6.45) is 1.43. The topological polar surface area (TPSA) is 94.1 Å². The van der Waals surface area contributed by atoms with Gasteiger partial charge in [-0.3, -0.25) is 4.79 Å². The second-order valence-corrected chi connectivity index (χ2v) is 5.79. The lowest BCUT2D eigenvalue weighted by atomic mass is 10.1. The van der Waals surface area contributed by atoms with Crippen molar-refractivity contribution in [3.63, 3.8) is 0 Å². The van der Waals surface area contributed by atoms with E-state index in [1.165, 1.54) is 19.3 Å². The number of rotatable bonds is 6. The molecule has 2 aromatic carbocycles. The number of para-hydroxylation sites is 1. The molecule has 1 heterocycles. The number of carbonyl (C=O) groups excluding carboxylic acids is 2. The van der Waals surface area contributed by atoms with E-state index in [1.54, 1.807) is 43.3 Å². The van der Waals surface area contributed by atoms with E-state index >= 15 is 0 Å². The van der Waals surface area contributed by atoms with Crippen molar-refractivity contribution in [2.45, 2.75) is 6.92 Å². The Morgan fingerprint density at radius 1 is 1.21 bits per heavy atom. The summed E-state index contributed by atoms with van der Waals surface area (Å²) in [5, 5.41) is 12.8. The monoisotopic (exact) mass is 381 g/mol. The Hall–Kier alpha value is -3.74. The molecule has 1 aliphatic heterocycles. The molecule has 0 unspecified atom stereocenters. The fourth-order valence-corrected chi connectivity index (χ4v) is 2.61. The number of ketones is 1. The maximum absolute atomic E-state index is 12.8. The summed E-state index contributed by atoms with van der Waals surface area (Å²) in [5.74, 6) is -1.22. The van der Waals surface area contributed by atoms with Crippen molar-refractivity contribution >= 4 is 23.5 Å². The molecule has 0 saturated heterocycles. The molecule has 0 bridgehead atoms. The molecule has 0 saturated carbocycles. The molecular weight excluding hydrogens is 362 g/mol. The van der Waals surface area contributed by atoms with Crippen molar-refractivity contribution in [3.8, 4) is 11.5 Å². The molecule has 0 atom stereocenters. The number of hydrogen-bond acceptors (Lipinski definition) is 7. The minimum absolute atomic E-state index is 0.00127. The van der Waals surface area contributed by atoms with Gasteiger partial charge in [-0.05, 0) is 42.8 Å². The number of hydrogen-bond donors (Lipinski definition) is 2. The van der Waals surface area contributed by atoms with Gasteiger partial charge >= 0.3 is 5.97 Å². The van der Waals surface area contributed by atoms with Crippen molar-refractivity contribution in [2.75, 3.05) is 19.0 Å². The van der Waals surface area contributed by atoms with E-state index in [1.807, 2.05) is 6.07 Å². The smallest absolute Gasteiger partial charge is 0.347 e. The number of phenols is 1. The molecule has 3 rings (SSSR count). The fraction of sp³-hybridized carbons (Fsp3) is 0.143. The SMILES string of the molecule is CCOC(=O)C1=C(Nc2ccccc2)OC(=Cc2ccc(OC)c(O)c2)C1=O. The number of ether oxygens (including phenoxy) is 3. The van der Waals surface area contributed by atoms with Gasteiger partial charge in [0, 0.05) is 5.69 Å². The average molecular weight is 381 g/mol. The van der Waals surface area contributed by atoms with Crippen LogP contribution in [-0.2, 0) is 19.1 Å². The van der Waals surface area contributed by atoms with Crippen LogP contribution >= 0.6 is 0 Å². The highest BCUT2D eigenvalue weighted by atomic mass is 16.5. The normalized spacial score (nSPS) is 14.8. The Balaban J connectivity index is 1.93. The molecule has 2 N–H and O–H groups in total. The summed E-state index contributed by atoms with van der Waals surface area (Å²) < 4.78 is 15.6. The summed E-state index contributed by atoms with van der Waals surface area (Å²) >= 11 is 0. The maximum Gasteiger partial charge on any atom is 0.347 e. The highest BCUT2D eigenvalue weighted by Gasteiger charge is 2.37. The molecule has 144 valence electrons. The number of methoxy groups -OCH3 is 1. The van der Waals surface area contributed by atoms with Gasteiger partial charge in [0.05, 0.1) is 13.7 Å². The number of nitrogens with one attached hydrogen (secondary N) is 1. The summed E-state index contributed by atoms with van der Waals surface area (Å²) in [6, 6.07) is 13.6. The van der Waals surface area contributed by atoms with E-state index in [-0.39, 0.29) is 29.6 Å². The molecule has 7 nitrogen and oxygen atoms in total. The average Bonchev–Trinajstić information content (AvgIpc) is 2.98. The molecule has 2 aromatic rings.